The molecule has 0 saturated carbocycles. The predicted molar refractivity (Wildman–Crippen MR) is 83.6 cm³/mol. The highest BCUT2D eigenvalue weighted by atomic mass is 16.5. The summed E-state index contributed by atoms with van der Waals surface area (Å²) in [6.45, 7) is 0.409. The molecule has 0 saturated heterocycles. The lowest BCUT2D eigenvalue weighted by atomic mass is 10.1. The Morgan fingerprint density at radius 2 is 1.86 bits per heavy atom. The van der Waals surface area contributed by atoms with Gasteiger partial charge in [-0.1, -0.05) is 24.6 Å². The fourth-order valence-corrected chi connectivity index (χ4v) is 2.76. The molecular formula is C17H21N3O. The third-order valence-corrected chi connectivity index (χ3v) is 3.83. The van der Waals surface area contributed by atoms with E-state index in [1.807, 2.05) is 37.4 Å². The molecule has 0 amide bonds. The van der Waals surface area contributed by atoms with Crippen LogP contribution in [0.2, 0.25) is 0 Å². The number of ether oxygens (including phenoxy) is 1. The lowest BCUT2D eigenvalue weighted by Gasteiger charge is -2.13. The lowest BCUT2D eigenvalue weighted by Crippen LogP contribution is -2.10. The van der Waals surface area contributed by atoms with E-state index < -0.39 is 0 Å². The molecule has 21 heavy (non-hydrogen) atoms. The number of hydrogen-bond acceptors (Lipinski definition) is 4. The molecule has 1 heterocycles. The Bertz CT molecular complexity index is 598. The predicted octanol–water partition coefficient (Wildman–Crippen LogP) is 3.37. The smallest absolute Gasteiger partial charge is 0.168 e. The summed E-state index contributed by atoms with van der Waals surface area (Å²) in [6.07, 6.45) is 5.84. The molecule has 110 valence electrons. The monoisotopic (exact) mass is 283 g/mol. The molecular weight excluding hydrogens is 262 g/mol. The van der Waals surface area contributed by atoms with Gasteiger partial charge >= 0.3 is 0 Å². The largest absolute Gasteiger partial charge is 0.486 e. The fraction of sp³-hybridized carbons (Fsp3) is 0.412. The van der Waals surface area contributed by atoms with E-state index in [1.54, 1.807) is 0 Å². The van der Waals surface area contributed by atoms with E-state index in [4.69, 9.17) is 9.72 Å². The van der Waals surface area contributed by atoms with Gasteiger partial charge in [-0.15, -0.1) is 0 Å². The maximum Gasteiger partial charge on any atom is 0.168 e. The highest BCUT2D eigenvalue weighted by Gasteiger charge is 2.16. The van der Waals surface area contributed by atoms with Gasteiger partial charge in [0.2, 0.25) is 0 Å². The van der Waals surface area contributed by atoms with E-state index in [9.17, 15) is 0 Å². The average Bonchev–Trinajstić information content (AvgIpc) is 2.78. The number of para-hydroxylation sites is 1. The van der Waals surface area contributed by atoms with Crippen molar-refractivity contribution in [2.75, 3.05) is 12.4 Å². The number of nitrogens with zero attached hydrogens (tertiary/aromatic N) is 2. The van der Waals surface area contributed by atoms with Crippen molar-refractivity contribution < 1.29 is 4.74 Å². The van der Waals surface area contributed by atoms with Crippen LogP contribution in [0.3, 0.4) is 0 Å². The number of fused-ring (bicyclic) bond motifs is 1. The summed E-state index contributed by atoms with van der Waals surface area (Å²) in [6, 6.07) is 9.80. The van der Waals surface area contributed by atoms with Crippen LogP contribution >= 0.6 is 0 Å². The van der Waals surface area contributed by atoms with Crippen LogP contribution in [-0.4, -0.2) is 17.0 Å². The highest BCUT2D eigenvalue weighted by molar-refractivity contribution is 5.46. The third kappa shape index (κ3) is 3.32. The molecule has 0 aliphatic heterocycles. The van der Waals surface area contributed by atoms with E-state index in [0.29, 0.717) is 6.61 Å². The second-order valence-corrected chi connectivity index (χ2v) is 5.33. The summed E-state index contributed by atoms with van der Waals surface area (Å²) in [5.74, 6) is 2.57. The Hall–Kier alpha value is -2.10. The molecule has 1 aliphatic carbocycles. The Kier molecular flexibility index (Phi) is 4.34. The van der Waals surface area contributed by atoms with Crippen LogP contribution in [0.15, 0.2) is 30.3 Å². The van der Waals surface area contributed by atoms with Gasteiger partial charge in [0.15, 0.2) is 5.82 Å². The molecule has 0 unspecified atom stereocenters. The molecule has 1 aliphatic rings. The lowest BCUT2D eigenvalue weighted by molar-refractivity contribution is 0.295. The second-order valence-electron chi connectivity index (χ2n) is 5.33. The SMILES string of the molecule is CNc1nc(COc2ccccc2)nc2c1CCCCC2. The minimum Gasteiger partial charge on any atom is -0.486 e. The molecule has 0 spiro atoms. The fourth-order valence-electron chi connectivity index (χ4n) is 2.76. The summed E-state index contributed by atoms with van der Waals surface area (Å²) in [5.41, 5.74) is 2.48. The normalized spacial score (nSPS) is 14.1. The maximum absolute atomic E-state index is 5.76. The molecule has 3 rings (SSSR count). The van der Waals surface area contributed by atoms with Crippen LogP contribution in [0.25, 0.3) is 0 Å². The number of benzene rings is 1. The van der Waals surface area contributed by atoms with Crippen molar-refractivity contribution in [1.29, 1.82) is 0 Å². The molecule has 4 heteroatoms. The molecule has 0 radical (unpaired) electrons. The van der Waals surface area contributed by atoms with Crippen molar-refractivity contribution in [2.45, 2.75) is 38.7 Å². The van der Waals surface area contributed by atoms with Gasteiger partial charge in [-0.3, -0.25) is 0 Å². The first-order chi connectivity index (χ1) is 10.4. The van der Waals surface area contributed by atoms with Gasteiger partial charge in [0.1, 0.15) is 18.2 Å². The molecule has 0 bridgehead atoms. The molecule has 1 aromatic carbocycles. The van der Waals surface area contributed by atoms with Crippen molar-refractivity contribution in [3.8, 4) is 5.75 Å². The minimum absolute atomic E-state index is 0.409. The van der Waals surface area contributed by atoms with Gasteiger partial charge in [-0.05, 0) is 37.8 Å². The van der Waals surface area contributed by atoms with Crippen LogP contribution in [0.1, 0.15) is 36.3 Å². The molecule has 0 fully saturated rings. The molecule has 4 nitrogen and oxygen atoms in total. The first kappa shape index (κ1) is 13.9. The third-order valence-electron chi connectivity index (χ3n) is 3.83. The quantitative estimate of drug-likeness (QED) is 0.874. The van der Waals surface area contributed by atoms with Crippen LogP contribution in [0, 0.1) is 0 Å². The molecule has 2 aromatic rings. The van der Waals surface area contributed by atoms with Crippen LogP contribution in [0.4, 0.5) is 5.82 Å². The number of aromatic nitrogens is 2. The van der Waals surface area contributed by atoms with Crippen molar-refractivity contribution in [3.63, 3.8) is 0 Å². The maximum atomic E-state index is 5.76. The summed E-state index contributed by atoms with van der Waals surface area (Å²) in [7, 11) is 1.93. The number of hydrogen-bond donors (Lipinski definition) is 1. The Balaban J connectivity index is 1.81. The Morgan fingerprint density at radius 1 is 1.05 bits per heavy atom. The number of aryl methyl sites for hydroxylation is 1. The second kappa shape index (κ2) is 6.57. The topological polar surface area (TPSA) is 47.0 Å². The zero-order chi connectivity index (χ0) is 14.5. The molecule has 1 N–H and O–H groups in total. The van der Waals surface area contributed by atoms with Crippen LogP contribution in [-0.2, 0) is 19.4 Å². The first-order valence-electron chi connectivity index (χ1n) is 7.61. The van der Waals surface area contributed by atoms with Crippen molar-refractivity contribution >= 4 is 5.82 Å². The highest BCUT2D eigenvalue weighted by Crippen LogP contribution is 2.25. The van der Waals surface area contributed by atoms with E-state index in [2.05, 4.69) is 10.3 Å². The van der Waals surface area contributed by atoms with Gasteiger partial charge in [0.25, 0.3) is 0 Å². The van der Waals surface area contributed by atoms with E-state index in [1.165, 1.54) is 30.5 Å². The van der Waals surface area contributed by atoms with Crippen molar-refractivity contribution in [2.24, 2.45) is 0 Å². The van der Waals surface area contributed by atoms with E-state index >= 15 is 0 Å². The molecule has 0 atom stereocenters. The Morgan fingerprint density at radius 3 is 2.67 bits per heavy atom. The standard InChI is InChI=1S/C17H21N3O/c1-18-17-14-10-6-3-7-11-15(14)19-16(20-17)12-21-13-8-4-2-5-9-13/h2,4-5,8-9H,3,6-7,10-12H2,1H3,(H,18,19,20). The number of nitrogens with one attached hydrogen (secondary N) is 1. The van der Waals surface area contributed by atoms with Crippen molar-refractivity contribution in [1.82, 2.24) is 9.97 Å². The number of rotatable bonds is 4. The summed E-state index contributed by atoms with van der Waals surface area (Å²) in [4.78, 5) is 9.33. The zero-order valence-corrected chi connectivity index (χ0v) is 12.4. The van der Waals surface area contributed by atoms with Crippen LogP contribution in [0.5, 0.6) is 5.75 Å². The zero-order valence-electron chi connectivity index (χ0n) is 12.4. The van der Waals surface area contributed by atoms with Crippen molar-refractivity contribution in [3.05, 3.63) is 47.4 Å². The first-order valence-corrected chi connectivity index (χ1v) is 7.61. The number of anilines is 1. The molecule has 1 aromatic heterocycles. The van der Waals surface area contributed by atoms with Gasteiger partial charge < -0.3 is 10.1 Å². The summed E-state index contributed by atoms with van der Waals surface area (Å²) in [5, 5.41) is 3.21. The van der Waals surface area contributed by atoms with E-state index in [0.717, 1.165) is 30.2 Å². The summed E-state index contributed by atoms with van der Waals surface area (Å²) < 4.78 is 5.76. The van der Waals surface area contributed by atoms with Crippen LogP contribution < -0.4 is 10.1 Å². The average molecular weight is 283 g/mol. The Labute approximate surface area is 125 Å². The summed E-state index contributed by atoms with van der Waals surface area (Å²) >= 11 is 0. The minimum atomic E-state index is 0.409. The van der Waals surface area contributed by atoms with Gasteiger partial charge in [0, 0.05) is 18.3 Å². The van der Waals surface area contributed by atoms with Gasteiger partial charge in [0.05, 0.1) is 0 Å². The van der Waals surface area contributed by atoms with Gasteiger partial charge in [-0.2, -0.15) is 0 Å². The van der Waals surface area contributed by atoms with E-state index in [-0.39, 0.29) is 0 Å². The van der Waals surface area contributed by atoms with Gasteiger partial charge in [-0.25, -0.2) is 9.97 Å².